The zero-order valence-electron chi connectivity index (χ0n) is 11.2. The molecule has 0 bridgehead atoms. The van der Waals surface area contributed by atoms with Crippen molar-refractivity contribution in [3.8, 4) is 0 Å². The second kappa shape index (κ2) is 5.84. The van der Waals surface area contributed by atoms with Crippen molar-refractivity contribution >= 4 is 17.5 Å². The van der Waals surface area contributed by atoms with Crippen molar-refractivity contribution in [2.75, 3.05) is 0 Å². The number of carbonyl (C=O) groups is 1. The van der Waals surface area contributed by atoms with Gasteiger partial charge in [0.2, 0.25) is 5.91 Å². The van der Waals surface area contributed by atoms with Crippen molar-refractivity contribution in [1.82, 2.24) is 15.1 Å². The Bertz CT molecular complexity index is 444. The molecule has 1 aliphatic carbocycles. The van der Waals surface area contributed by atoms with E-state index in [4.69, 9.17) is 17.3 Å². The Labute approximate surface area is 118 Å². The summed E-state index contributed by atoms with van der Waals surface area (Å²) < 4.78 is 0. The summed E-state index contributed by atoms with van der Waals surface area (Å²) in [5.41, 5.74) is 6.69. The lowest BCUT2D eigenvalue weighted by atomic mass is 10.0. The smallest absolute Gasteiger partial charge is 0.240 e. The van der Waals surface area contributed by atoms with Gasteiger partial charge >= 0.3 is 0 Å². The highest BCUT2D eigenvalue weighted by Crippen LogP contribution is 2.29. The number of halogens is 1. The minimum atomic E-state index is -0.458. The molecule has 6 heteroatoms. The molecule has 0 radical (unpaired) electrons. The normalized spacial score (nSPS) is 16.5. The van der Waals surface area contributed by atoms with Gasteiger partial charge in [-0.15, -0.1) is 5.10 Å². The summed E-state index contributed by atoms with van der Waals surface area (Å²) in [6.07, 6.45) is 2.08. The average Bonchev–Trinajstić information content (AvgIpc) is 3.20. The molecule has 1 unspecified atom stereocenters. The van der Waals surface area contributed by atoms with Gasteiger partial charge in [0.05, 0.1) is 18.3 Å². The van der Waals surface area contributed by atoms with Gasteiger partial charge in [0, 0.05) is 6.04 Å². The molecular weight excluding hydrogens is 264 g/mol. The molecule has 1 aromatic rings. The zero-order valence-corrected chi connectivity index (χ0v) is 12.0. The number of nitrogens with zero attached hydrogens (tertiary/aromatic N) is 3. The van der Waals surface area contributed by atoms with E-state index in [1.165, 1.54) is 0 Å². The number of hydrogen-bond donors (Lipinski definition) is 1. The predicted octanol–water partition coefficient (Wildman–Crippen LogP) is 1.60. The maximum absolute atomic E-state index is 12.4. The van der Waals surface area contributed by atoms with Crippen LogP contribution in [0.4, 0.5) is 0 Å². The molecule has 2 N–H and O–H groups in total. The number of aromatic nitrogens is 2. The van der Waals surface area contributed by atoms with Gasteiger partial charge < -0.3 is 10.6 Å². The molecular formula is C13H19ClN4O. The van der Waals surface area contributed by atoms with Crippen LogP contribution in [0.15, 0.2) is 12.1 Å². The highest BCUT2D eigenvalue weighted by Gasteiger charge is 2.35. The van der Waals surface area contributed by atoms with Gasteiger partial charge in [0.25, 0.3) is 0 Å². The van der Waals surface area contributed by atoms with Crippen LogP contribution in [0, 0.1) is 5.92 Å². The van der Waals surface area contributed by atoms with Gasteiger partial charge in [0.1, 0.15) is 0 Å². The van der Waals surface area contributed by atoms with E-state index in [2.05, 4.69) is 10.2 Å². The number of nitrogens with two attached hydrogens (primary N) is 1. The summed E-state index contributed by atoms with van der Waals surface area (Å²) in [5, 5.41) is 8.15. The Morgan fingerprint density at radius 2 is 2.16 bits per heavy atom. The van der Waals surface area contributed by atoms with E-state index >= 15 is 0 Å². The molecule has 1 atom stereocenters. The first kappa shape index (κ1) is 14.2. The highest BCUT2D eigenvalue weighted by molar-refractivity contribution is 6.29. The molecule has 0 aromatic carbocycles. The molecule has 0 saturated heterocycles. The van der Waals surface area contributed by atoms with E-state index in [1.54, 1.807) is 12.1 Å². The van der Waals surface area contributed by atoms with E-state index in [0.717, 1.165) is 18.5 Å². The SMILES string of the molecule is CC(C)C(N)C(=O)N(Cc1ccc(Cl)nn1)C1CC1. The summed E-state index contributed by atoms with van der Waals surface area (Å²) in [4.78, 5) is 14.2. The van der Waals surface area contributed by atoms with Gasteiger partial charge in [0.15, 0.2) is 5.15 Å². The number of carbonyl (C=O) groups excluding carboxylic acids is 1. The Balaban J connectivity index is 2.08. The fourth-order valence-electron chi connectivity index (χ4n) is 1.85. The molecule has 1 aliphatic rings. The lowest BCUT2D eigenvalue weighted by Gasteiger charge is -2.26. The largest absolute Gasteiger partial charge is 0.332 e. The Morgan fingerprint density at radius 3 is 2.63 bits per heavy atom. The monoisotopic (exact) mass is 282 g/mol. The van der Waals surface area contributed by atoms with Crippen LogP contribution in [0.2, 0.25) is 5.15 Å². The molecule has 1 fully saturated rings. The third-order valence-electron chi connectivity index (χ3n) is 3.29. The zero-order chi connectivity index (χ0) is 14.0. The van der Waals surface area contributed by atoms with Crippen LogP contribution in [0.1, 0.15) is 32.4 Å². The fourth-order valence-corrected chi connectivity index (χ4v) is 1.95. The van der Waals surface area contributed by atoms with E-state index in [9.17, 15) is 4.79 Å². The van der Waals surface area contributed by atoms with Gasteiger partial charge in [-0.3, -0.25) is 4.79 Å². The van der Waals surface area contributed by atoms with Crippen molar-refractivity contribution in [3.05, 3.63) is 23.0 Å². The van der Waals surface area contributed by atoms with Gasteiger partial charge in [-0.25, -0.2) is 0 Å². The van der Waals surface area contributed by atoms with E-state index in [1.807, 2.05) is 18.7 Å². The lowest BCUT2D eigenvalue weighted by Crippen LogP contribution is -2.47. The second-order valence-corrected chi connectivity index (χ2v) is 5.70. The topological polar surface area (TPSA) is 72.1 Å². The summed E-state index contributed by atoms with van der Waals surface area (Å²) in [6, 6.07) is 3.32. The maximum Gasteiger partial charge on any atom is 0.240 e. The van der Waals surface area contributed by atoms with Gasteiger partial charge in [-0.05, 0) is 30.9 Å². The molecule has 1 amide bonds. The summed E-state index contributed by atoms with van der Waals surface area (Å²) >= 11 is 5.70. The first-order chi connectivity index (χ1) is 8.99. The van der Waals surface area contributed by atoms with Gasteiger partial charge in [-0.2, -0.15) is 5.10 Å². The molecule has 5 nitrogen and oxygen atoms in total. The molecule has 19 heavy (non-hydrogen) atoms. The first-order valence-corrected chi connectivity index (χ1v) is 6.91. The Morgan fingerprint density at radius 1 is 1.47 bits per heavy atom. The molecule has 0 spiro atoms. The molecule has 1 saturated carbocycles. The van der Waals surface area contributed by atoms with E-state index in [0.29, 0.717) is 17.7 Å². The Kier molecular flexibility index (Phi) is 4.37. The van der Waals surface area contributed by atoms with Crippen LogP contribution in [-0.4, -0.2) is 33.1 Å². The number of hydrogen-bond acceptors (Lipinski definition) is 4. The standard InChI is InChI=1S/C13H19ClN4O/c1-8(2)12(15)13(19)18(10-4-5-10)7-9-3-6-11(14)17-16-9/h3,6,8,10,12H,4-5,7,15H2,1-2H3. The van der Waals surface area contributed by atoms with Crippen molar-refractivity contribution < 1.29 is 4.79 Å². The molecule has 1 aromatic heterocycles. The first-order valence-electron chi connectivity index (χ1n) is 6.53. The van der Waals surface area contributed by atoms with Crippen LogP contribution in [0.5, 0.6) is 0 Å². The van der Waals surface area contributed by atoms with Crippen molar-refractivity contribution in [2.45, 2.75) is 45.3 Å². The van der Waals surface area contributed by atoms with Crippen LogP contribution in [-0.2, 0) is 11.3 Å². The summed E-state index contributed by atoms with van der Waals surface area (Å²) in [7, 11) is 0. The molecule has 104 valence electrons. The highest BCUT2D eigenvalue weighted by atomic mass is 35.5. The average molecular weight is 283 g/mol. The van der Waals surface area contributed by atoms with Crippen LogP contribution >= 0.6 is 11.6 Å². The third kappa shape index (κ3) is 3.64. The number of rotatable bonds is 5. The van der Waals surface area contributed by atoms with Crippen LogP contribution in [0.25, 0.3) is 0 Å². The minimum absolute atomic E-state index is 0.00532. The summed E-state index contributed by atoms with van der Waals surface area (Å²) in [5.74, 6) is 0.124. The fraction of sp³-hybridized carbons (Fsp3) is 0.615. The van der Waals surface area contributed by atoms with Crippen LogP contribution < -0.4 is 5.73 Å². The molecule has 0 aliphatic heterocycles. The molecule has 1 heterocycles. The van der Waals surface area contributed by atoms with Crippen LogP contribution in [0.3, 0.4) is 0 Å². The predicted molar refractivity (Wildman–Crippen MR) is 73.4 cm³/mol. The summed E-state index contributed by atoms with van der Waals surface area (Å²) in [6.45, 7) is 4.36. The quantitative estimate of drug-likeness (QED) is 0.890. The lowest BCUT2D eigenvalue weighted by molar-refractivity contribution is -0.134. The molecule has 2 rings (SSSR count). The van der Waals surface area contributed by atoms with Gasteiger partial charge in [-0.1, -0.05) is 25.4 Å². The maximum atomic E-state index is 12.4. The number of amides is 1. The minimum Gasteiger partial charge on any atom is -0.332 e. The van der Waals surface area contributed by atoms with Crippen molar-refractivity contribution in [2.24, 2.45) is 11.7 Å². The van der Waals surface area contributed by atoms with Crippen molar-refractivity contribution in [3.63, 3.8) is 0 Å². The van der Waals surface area contributed by atoms with Crippen molar-refractivity contribution in [1.29, 1.82) is 0 Å². The van der Waals surface area contributed by atoms with E-state index in [-0.39, 0.29) is 11.8 Å². The third-order valence-corrected chi connectivity index (χ3v) is 3.50. The Hall–Kier alpha value is -1.20. The second-order valence-electron chi connectivity index (χ2n) is 5.31. The van der Waals surface area contributed by atoms with E-state index < -0.39 is 6.04 Å².